The minimum atomic E-state index is -3.30. The number of fused-ring (bicyclic) bond motifs is 3. The molecule has 152 valence electrons. The molecule has 0 saturated carbocycles. The zero-order chi connectivity index (χ0) is 20.8. The average Bonchev–Trinajstić information content (AvgIpc) is 3.08. The highest BCUT2D eigenvalue weighted by Gasteiger charge is 2.24. The van der Waals surface area contributed by atoms with Crippen LogP contribution in [-0.2, 0) is 34.0 Å². The van der Waals surface area contributed by atoms with Crippen LogP contribution in [0.3, 0.4) is 0 Å². The molecule has 3 aromatic rings. The predicted octanol–water partition coefficient (Wildman–Crippen LogP) is 2.35. The molecule has 0 atom stereocenters. The second-order valence-electron chi connectivity index (χ2n) is 7.77. The molecule has 0 unspecified atom stereocenters. The van der Waals surface area contributed by atoms with Gasteiger partial charge in [0.25, 0.3) is 0 Å². The van der Waals surface area contributed by atoms with Crippen molar-refractivity contribution in [3.05, 3.63) is 59.0 Å². The fraction of sp³-hybridized carbons (Fsp3) is 0.381. The standard InChI is InChI=1S/C21H24N4O3S/c1-14(2)29(27,28)18-6-4-16(5-7-18)11-21(26)24-9-8-19-17(13-24)12-22-20-10-15(3)23-25(19)20/h4-7,10,12,14H,8-9,11,13H2,1-3H3. The molecule has 8 heteroatoms. The van der Waals surface area contributed by atoms with Crippen LogP contribution in [0.2, 0.25) is 0 Å². The van der Waals surface area contributed by atoms with Gasteiger partial charge in [0.1, 0.15) is 0 Å². The molecule has 4 rings (SSSR count). The predicted molar refractivity (Wildman–Crippen MR) is 109 cm³/mol. The molecule has 1 aliphatic rings. The number of nitrogens with zero attached hydrogens (tertiary/aromatic N) is 4. The fourth-order valence-corrected chi connectivity index (χ4v) is 4.68. The Morgan fingerprint density at radius 3 is 2.62 bits per heavy atom. The van der Waals surface area contributed by atoms with Crippen LogP contribution >= 0.6 is 0 Å². The van der Waals surface area contributed by atoms with Crippen LogP contribution in [0.5, 0.6) is 0 Å². The maximum absolute atomic E-state index is 12.8. The summed E-state index contributed by atoms with van der Waals surface area (Å²) >= 11 is 0. The third-order valence-corrected chi connectivity index (χ3v) is 7.52. The molecule has 1 amide bonds. The number of carbonyl (C=O) groups excluding carboxylic acids is 1. The highest BCUT2D eigenvalue weighted by molar-refractivity contribution is 7.92. The second-order valence-corrected chi connectivity index (χ2v) is 10.3. The van der Waals surface area contributed by atoms with Crippen molar-refractivity contribution < 1.29 is 13.2 Å². The Labute approximate surface area is 170 Å². The van der Waals surface area contributed by atoms with E-state index in [1.54, 1.807) is 38.1 Å². The lowest BCUT2D eigenvalue weighted by Gasteiger charge is -2.29. The summed E-state index contributed by atoms with van der Waals surface area (Å²) in [5.74, 6) is 0.0202. The molecule has 0 fully saturated rings. The van der Waals surface area contributed by atoms with Gasteiger partial charge in [-0.2, -0.15) is 5.10 Å². The zero-order valence-electron chi connectivity index (χ0n) is 16.8. The summed E-state index contributed by atoms with van der Waals surface area (Å²) in [6.07, 6.45) is 2.80. The maximum Gasteiger partial charge on any atom is 0.227 e. The highest BCUT2D eigenvalue weighted by atomic mass is 32.2. The molecule has 29 heavy (non-hydrogen) atoms. The first-order valence-corrected chi connectivity index (χ1v) is 11.2. The van der Waals surface area contributed by atoms with Crippen molar-refractivity contribution >= 4 is 21.4 Å². The zero-order valence-corrected chi connectivity index (χ0v) is 17.6. The van der Waals surface area contributed by atoms with E-state index in [-0.39, 0.29) is 12.3 Å². The third-order valence-electron chi connectivity index (χ3n) is 5.35. The van der Waals surface area contributed by atoms with E-state index in [0.29, 0.717) is 18.0 Å². The van der Waals surface area contributed by atoms with E-state index in [4.69, 9.17) is 0 Å². The number of hydrogen-bond acceptors (Lipinski definition) is 5. The van der Waals surface area contributed by atoms with Crippen molar-refractivity contribution in [1.29, 1.82) is 0 Å². The maximum atomic E-state index is 12.8. The summed E-state index contributed by atoms with van der Waals surface area (Å²) in [6, 6.07) is 8.57. The van der Waals surface area contributed by atoms with Crippen LogP contribution in [-0.4, -0.2) is 45.6 Å². The van der Waals surface area contributed by atoms with Crippen LogP contribution in [0.15, 0.2) is 41.4 Å². The Morgan fingerprint density at radius 1 is 1.21 bits per heavy atom. The molecule has 0 saturated heterocycles. The van der Waals surface area contributed by atoms with Gasteiger partial charge in [-0.05, 0) is 38.5 Å². The van der Waals surface area contributed by atoms with Gasteiger partial charge in [0.2, 0.25) is 5.91 Å². The highest BCUT2D eigenvalue weighted by Crippen LogP contribution is 2.21. The lowest BCUT2D eigenvalue weighted by Crippen LogP contribution is -2.37. The van der Waals surface area contributed by atoms with E-state index < -0.39 is 15.1 Å². The van der Waals surface area contributed by atoms with E-state index in [9.17, 15) is 13.2 Å². The van der Waals surface area contributed by atoms with Crippen molar-refractivity contribution in [2.75, 3.05) is 6.54 Å². The van der Waals surface area contributed by atoms with Gasteiger partial charge in [-0.3, -0.25) is 4.79 Å². The Balaban J connectivity index is 1.48. The van der Waals surface area contributed by atoms with Crippen molar-refractivity contribution in [2.24, 2.45) is 0 Å². The van der Waals surface area contributed by atoms with Crippen LogP contribution in [0.4, 0.5) is 0 Å². The van der Waals surface area contributed by atoms with Crippen molar-refractivity contribution in [1.82, 2.24) is 19.5 Å². The topological polar surface area (TPSA) is 84.6 Å². The summed E-state index contributed by atoms with van der Waals surface area (Å²) < 4.78 is 26.3. The number of aromatic nitrogens is 3. The van der Waals surface area contributed by atoms with Gasteiger partial charge in [-0.15, -0.1) is 0 Å². The van der Waals surface area contributed by atoms with E-state index in [0.717, 1.165) is 34.6 Å². The molecule has 0 radical (unpaired) electrons. The summed E-state index contributed by atoms with van der Waals surface area (Å²) in [6.45, 7) is 6.40. The molecule has 1 aliphatic heterocycles. The monoisotopic (exact) mass is 412 g/mol. The van der Waals surface area contributed by atoms with Crippen LogP contribution < -0.4 is 0 Å². The molecule has 0 bridgehead atoms. The molecule has 1 aromatic carbocycles. The number of amides is 1. The number of carbonyl (C=O) groups is 1. The number of rotatable bonds is 4. The SMILES string of the molecule is Cc1cc2ncc3c(n2n1)CCN(C(=O)Cc1ccc(S(=O)(=O)C(C)C)cc1)C3. The van der Waals surface area contributed by atoms with E-state index >= 15 is 0 Å². The van der Waals surface area contributed by atoms with Gasteiger partial charge in [0.05, 0.1) is 28.0 Å². The van der Waals surface area contributed by atoms with Crippen LogP contribution in [0.25, 0.3) is 5.65 Å². The summed E-state index contributed by atoms with van der Waals surface area (Å²) in [5, 5.41) is 4.04. The van der Waals surface area contributed by atoms with Gasteiger partial charge in [-0.1, -0.05) is 12.1 Å². The number of benzene rings is 1. The molecule has 2 aromatic heterocycles. The third kappa shape index (κ3) is 3.64. The Kier molecular flexibility index (Phi) is 4.90. The van der Waals surface area contributed by atoms with E-state index in [1.807, 2.05) is 28.6 Å². The van der Waals surface area contributed by atoms with E-state index in [2.05, 4.69) is 10.1 Å². The molecular formula is C21H24N4O3S. The molecule has 0 N–H and O–H groups in total. The Hall–Kier alpha value is -2.74. The second kappa shape index (κ2) is 7.26. The molecule has 3 heterocycles. The Bertz CT molecular complexity index is 1180. The lowest BCUT2D eigenvalue weighted by molar-refractivity contribution is -0.131. The summed E-state index contributed by atoms with van der Waals surface area (Å²) in [4.78, 5) is 19.4. The lowest BCUT2D eigenvalue weighted by atomic mass is 10.1. The first kappa shape index (κ1) is 19.6. The molecule has 0 spiro atoms. The number of sulfone groups is 1. The molecule has 0 aliphatic carbocycles. The fourth-order valence-electron chi connectivity index (χ4n) is 3.62. The number of aryl methyl sites for hydroxylation is 1. The largest absolute Gasteiger partial charge is 0.338 e. The summed E-state index contributed by atoms with van der Waals surface area (Å²) in [5.41, 5.74) is 4.68. The molecule has 7 nitrogen and oxygen atoms in total. The normalized spacial score (nSPS) is 14.4. The van der Waals surface area contributed by atoms with Gasteiger partial charge >= 0.3 is 0 Å². The van der Waals surface area contributed by atoms with Crippen LogP contribution in [0, 0.1) is 6.92 Å². The average molecular weight is 413 g/mol. The minimum absolute atomic E-state index is 0.0202. The van der Waals surface area contributed by atoms with Gasteiger partial charge < -0.3 is 4.90 Å². The first-order chi connectivity index (χ1) is 13.8. The smallest absolute Gasteiger partial charge is 0.227 e. The van der Waals surface area contributed by atoms with Crippen LogP contribution in [0.1, 0.15) is 36.4 Å². The molecular weight excluding hydrogens is 388 g/mol. The van der Waals surface area contributed by atoms with Crippen molar-refractivity contribution in [3.63, 3.8) is 0 Å². The van der Waals surface area contributed by atoms with Gasteiger partial charge in [0, 0.05) is 37.3 Å². The number of hydrogen-bond donors (Lipinski definition) is 0. The van der Waals surface area contributed by atoms with Crippen molar-refractivity contribution in [3.8, 4) is 0 Å². The Morgan fingerprint density at radius 2 is 1.93 bits per heavy atom. The van der Waals surface area contributed by atoms with Crippen molar-refractivity contribution in [2.45, 2.75) is 50.3 Å². The van der Waals surface area contributed by atoms with Gasteiger partial charge in [0.15, 0.2) is 15.5 Å². The summed E-state index contributed by atoms with van der Waals surface area (Å²) in [7, 11) is -3.30. The quantitative estimate of drug-likeness (QED) is 0.657. The van der Waals surface area contributed by atoms with Gasteiger partial charge in [-0.25, -0.2) is 17.9 Å². The minimum Gasteiger partial charge on any atom is -0.338 e. The first-order valence-electron chi connectivity index (χ1n) is 9.69. The van der Waals surface area contributed by atoms with E-state index in [1.165, 1.54) is 0 Å².